The van der Waals surface area contributed by atoms with Crippen molar-refractivity contribution in [1.82, 2.24) is 0 Å². The highest BCUT2D eigenvalue weighted by molar-refractivity contribution is 5.62. The number of hydrogen-bond donors (Lipinski definition) is 2. The van der Waals surface area contributed by atoms with Gasteiger partial charge in [-0.05, 0) is 25.7 Å². The minimum atomic E-state index is -0.833. The number of aliphatic carboxylic acids is 1. The molecule has 21 heavy (non-hydrogen) atoms. The highest BCUT2D eigenvalue weighted by Crippen LogP contribution is 2.12. The standard InChI is InChI=1S/C16H30O.C2H4O2/c1-3-5-7-8-9-10-11-13-15-16(17)14-12-6-4-2;1-2(3)4/h3,5,7,16-17H,1,4,6,8-15H2,2H3;1H3,(H,3,4)/b7-5-;. The number of aliphatic hydroxyl groups excluding tert-OH is 1. The van der Waals surface area contributed by atoms with Gasteiger partial charge in [-0.1, -0.05) is 70.3 Å². The summed E-state index contributed by atoms with van der Waals surface area (Å²) in [6.45, 7) is 6.93. The van der Waals surface area contributed by atoms with Crippen molar-refractivity contribution in [2.24, 2.45) is 0 Å². The summed E-state index contributed by atoms with van der Waals surface area (Å²) < 4.78 is 0. The molecule has 124 valence electrons. The third-order valence-corrected chi connectivity index (χ3v) is 3.07. The second kappa shape index (κ2) is 18.9. The minimum absolute atomic E-state index is 0.0535. The summed E-state index contributed by atoms with van der Waals surface area (Å²) in [7, 11) is 0. The Morgan fingerprint density at radius 1 is 1.10 bits per heavy atom. The van der Waals surface area contributed by atoms with Crippen molar-refractivity contribution in [2.75, 3.05) is 0 Å². The molecule has 0 aliphatic rings. The average molecular weight is 298 g/mol. The second-order valence-electron chi connectivity index (χ2n) is 5.32. The molecule has 0 aliphatic heterocycles. The Balaban J connectivity index is 0. The van der Waals surface area contributed by atoms with Gasteiger partial charge in [-0.2, -0.15) is 0 Å². The van der Waals surface area contributed by atoms with Crippen LogP contribution < -0.4 is 0 Å². The van der Waals surface area contributed by atoms with E-state index in [0.29, 0.717) is 0 Å². The van der Waals surface area contributed by atoms with Crippen molar-refractivity contribution in [3.05, 3.63) is 24.8 Å². The van der Waals surface area contributed by atoms with E-state index in [4.69, 9.17) is 9.90 Å². The van der Waals surface area contributed by atoms with Crippen molar-refractivity contribution in [2.45, 2.75) is 84.2 Å². The molecule has 0 saturated carbocycles. The fourth-order valence-corrected chi connectivity index (χ4v) is 1.96. The number of carbonyl (C=O) groups is 1. The molecule has 1 unspecified atom stereocenters. The Labute approximate surface area is 130 Å². The summed E-state index contributed by atoms with van der Waals surface area (Å²) in [5.74, 6) is -0.833. The monoisotopic (exact) mass is 298 g/mol. The molecule has 0 aromatic carbocycles. The molecule has 0 aromatic rings. The molecule has 3 nitrogen and oxygen atoms in total. The van der Waals surface area contributed by atoms with Crippen LogP contribution in [0.25, 0.3) is 0 Å². The maximum Gasteiger partial charge on any atom is 0.300 e. The Morgan fingerprint density at radius 2 is 1.62 bits per heavy atom. The predicted molar refractivity (Wildman–Crippen MR) is 90.5 cm³/mol. The molecule has 0 rings (SSSR count). The number of carboxylic acids is 1. The van der Waals surface area contributed by atoms with Gasteiger partial charge in [-0.15, -0.1) is 0 Å². The van der Waals surface area contributed by atoms with Crippen LogP contribution in [0.2, 0.25) is 0 Å². The first-order valence-corrected chi connectivity index (χ1v) is 8.19. The SMILES string of the molecule is C=C/C=C\CCCCCCC(O)CCCCC.CC(=O)O. The van der Waals surface area contributed by atoms with E-state index in [1.807, 2.05) is 12.2 Å². The van der Waals surface area contributed by atoms with Crippen molar-refractivity contribution in [1.29, 1.82) is 0 Å². The third-order valence-electron chi connectivity index (χ3n) is 3.07. The molecule has 0 radical (unpaired) electrons. The number of hydrogen-bond acceptors (Lipinski definition) is 2. The van der Waals surface area contributed by atoms with Crippen LogP contribution in [0, 0.1) is 0 Å². The fraction of sp³-hybridized carbons (Fsp3) is 0.722. The van der Waals surface area contributed by atoms with Gasteiger partial charge >= 0.3 is 0 Å². The van der Waals surface area contributed by atoms with Crippen molar-refractivity contribution in [3.63, 3.8) is 0 Å². The molecule has 0 bridgehead atoms. The van der Waals surface area contributed by atoms with E-state index in [0.717, 1.165) is 26.2 Å². The lowest BCUT2D eigenvalue weighted by molar-refractivity contribution is -0.134. The van der Waals surface area contributed by atoms with Crippen molar-refractivity contribution < 1.29 is 15.0 Å². The molecule has 0 fully saturated rings. The topological polar surface area (TPSA) is 57.5 Å². The summed E-state index contributed by atoms with van der Waals surface area (Å²) in [5, 5.41) is 17.1. The minimum Gasteiger partial charge on any atom is -0.481 e. The number of rotatable bonds is 12. The van der Waals surface area contributed by atoms with E-state index in [2.05, 4.69) is 19.6 Å². The third kappa shape index (κ3) is 27.9. The van der Waals surface area contributed by atoms with Gasteiger partial charge in [-0.3, -0.25) is 4.79 Å². The molecule has 0 amide bonds. The number of allylic oxidation sites excluding steroid dienone is 3. The van der Waals surface area contributed by atoms with Crippen LogP contribution in [0.4, 0.5) is 0 Å². The van der Waals surface area contributed by atoms with Crippen LogP contribution >= 0.6 is 0 Å². The summed E-state index contributed by atoms with van der Waals surface area (Å²) in [4.78, 5) is 9.00. The van der Waals surface area contributed by atoms with Crippen LogP contribution in [-0.4, -0.2) is 22.3 Å². The zero-order valence-electron chi connectivity index (χ0n) is 13.9. The van der Waals surface area contributed by atoms with Crippen LogP contribution in [0.5, 0.6) is 0 Å². The van der Waals surface area contributed by atoms with Gasteiger partial charge < -0.3 is 10.2 Å². The lowest BCUT2D eigenvalue weighted by Crippen LogP contribution is -2.05. The summed E-state index contributed by atoms with van der Waals surface area (Å²) >= 11 is 0. The maximum atomic E-state index is 9.73. The summed E-state index contributed by atoms with van der Waals surface area (Å²) in [6, 6.07) is 0. The number of carboxylic acid groups (broad SMARTS) is 1. The first kappa shape index (κ1) is 22.2. The lowest BCUT2D eigenvalue weighted by atomic mass is 10.0. The number of unbranched alkanes of at least 4 members (excludes halogenated alkanes) is 6. The highest BCUT2D eigenvalue weighted by atomic mass is 16.4. The summed E-state index contributed by atoms with van der Waals surface area (Å²) in [6.07, 6.45) is 17.8. The Morgan fingerprint density at radius 3 is 2.14 bits per heavy atom. The smallest absolute Gasteiger partial charge is 0.300 e. The predicted octanol–water partition coefficient (Wildman–Crippen LogP) is 5.10. The first-order chi connectivity index (χ1) is 10.0. The molecule has 0 heterocycles. The van der Waals surface area contributed by atoms with E-state index in [1.165, 1.54) is 44.9 Å². The van der Waals surface area contributed by atoms with Gasteiger partial charge in [0.2, 0.25) is 0 Å². The summed E-state index contributed by atoms with van der Waals surface area (Å²) in [5.41, 5.74) is 0. The van der Waals surface area contributed by atoms with E-state index >= 15 is 0 Å². The van der Waals surface area contributed by atoms with Gasteiger partial charge in [0.1, 0.15) is 0 Å². The van der Waals surface area contributed by atoms with E-state index in [-0.39, 0.29) is 6.10 Å². The van der Waals surface area contributed by atoms with Gasteiger partial charge in [0, 0.05) is 6.92 Å². The number of aliphatic hydroxyl groups is 1. The van der Waals surface area contributed by atoms with Gasteiger partial charge in [-0.25, -0.2) is 0 Å². The van der Waals surface area contributed by atoms with Crippen LogP contribution in [0.1, 0.15) is 78.1 Å². The Hall–Kier alpha value is -1.09. The quantitative estimate of drug-likeness (QED) is 0.389. The molecular weight excluding hydrogens is 264 g/mol. The fourth-order valence-electron chi connectivity index (χ4n) is 1.96. The van der Waals surface area contributed by atoms with Gasteiger partial charge in [0.25, 0.3) is 5.97 Å². The van der Waals surface area contributed by atoms with Crippen LogP contribution in [0.3, 0.4) is 0 Å². The van der Waals surface area contributed by atoms with Gasteiger partial charge in [0.05, 0.1) is 6.10 Å². The first-order valence-electron chi connectivity index (χ1n) is 8.19. The molecular formula is C18H34O3. The molecule has 0 aliphatic carbocycles. The van der Waals surface area contributed by atoms with Crippen molar-refractivity contribution in [3.8, 4) is 0 Å². The average Bonchev–Trinajstić information content (AvgIpc) is 2.41. The van der Waals surface area contributed by atoms with Crippen molar-refractivity contribution >= 4 is 5.97 Å². The second-order valence-corrected chi connectivity index (χ2v) is 5.32. The lowest BCUT2D eigenvalue weighted by Gasteiger charge is -2.09. The van der Waals surface area contributed by atoms with E-state index in [1.54, 1.807) is 0 Å². The molecule has 1 atom stereocenters. The molecule has 3 heteroatoms. The Kier molecular flexibility index (Phi) is 20.0. The highest BCUT2D eigenvalue weighted by Gasteiger charge is 2.02. The van der Waals surface area contributed by atoms with Gasteiger partial charge in [0.15, 0.2) is 0 Å². The zero-order valence-corrected chi connectivity index (χ0v) is 13.9. The maximum absolute atomic E-state index is 9.73. The van der Waals surface area contributed by atoms with Crippen LogP contribution in [0.15, 0.2) is 24.8 Å². The molecule has 2 N–H and O–H groups in total. The molecule has 0 aromatic heterocycles. The Bertz CT molecular complexity index is 255. The normalized spacial score (nSPS) is 11.8. The zero-order chi connectivity index (χ0) is 16.3. The largest absolute Gasteiger partial charge is 0.481 e. The molecule has 0 spiro atoms. The van der Waals surface area contributed by atoms with E-state index in [9.17, 15) is 5.11 Å². The van der Waals surface area contributed by atoms with E-state index < -0.39 is 5.97 Å². The van der Waals surface area contributed by atoms with Crippen LogP contribution in [-0.2, 0) is 4.79 Å². The molecule has 0 saturated heterocycles.